The van der Waals surface area contributed by atoms with E-state index in [0.29, 0.717) is 0 Å². The number of rotatable bonds is 3. The van der Waals surface area contributed by atoms with Gasteiger partial charge in [0.15, 0.2) is 0 Å². The molecule has 2 rings (SSSR count). The molecule has 0 aliphatic carbocycles. The van der Waals surface area contributed by atoms with Gasteiger partial charge in [0.05, 0.1) is 0 Å². The number of halogens is 1. The minimum Gasteiger partial charge on any atom is -0.359 e. The Balaban J connectivity index is 1.94. The first-order chi connectivity index (χ1) is 9.11. The zero-order valence-corrected chi connectivity index (χ0v) is 11.5. The smallest absolute Gasteiger partial charge is 0.222 e. The molecule has 3 nitrogen and oxygen atoms in total. The van der Waals surface area contributed by atoms with Crippen LogP contribution in [0.1, 0.15) is 31.4 Å². The Hall–Kier alpha value is -1.42. The second-order valence-electron chi connectivity index (χ2n) is 5.15. The second-order valence-corrected chi connectivity index (χ2v) is 5.15. The Bertz CT molecular complexity index is 424. The standard InChI is InChI=1S/C15H21FN2O/c1-11(12-3-5-14(16)6-4-12)18-9-7-13(8-10-18)15(19)17-2/h3-6,11,13H,7-10H2,1-2H3,(H,17,19). The number of nitrogens with zero attached hydrogens (tertiary/aromatic N) is 1. The Labute approximate surface area is 113 Å². The van der Waals surface area contributed by atoms with E-state index in [1.54, 1.807) is 7.05 Å². The first-order valence-electron chi connectivity index (χ1n) is 6.83. The van der Waals surface area contributed by atoms with Crippen molar-refractivity contribution in [3.8, 4) is 0 Å². The first kappa shape index (κ1) is 14.0. The highest BCUT2D eigenvalue weighted by molar-refractivity contribution is 5.78. The van der Waals surface area contributed by atoms with E-state index in [9.17, 15) is 9.18 Å². The van der Waals surface area contributed by atoms with Crippen LogP contribution in [0, 0.1) is 11.7 Å². The molecule has 1 aromatic carbocycles. The molecule has 0 radical (unpaired) electrons. The lowest BCUT2D eigenvalue weighted by molar-refractivity contribution is -0.126. The normalized spacial score (nSPS) is 19.1. The molecule has 0 bridgehead atoms. The molecule has 4 heteroatoms. The van der Waals surface area contributed by atoms with Gasteiger partial charge in [-0.05, 0) is 50.6 Å². The number of carbonyl (C=O) groups is 1. The Kier molecular flexibility index (Phi) is 4.53. The Morgan fingerprint density at radius 1 is 1.32 bits per heavy atom. The molecule has 0 saturated carbocycles. The topological polar surface area (TPSA) is 32.3 Å². The molecular weight excluding hydrogens is 243 g/mol. The fourth-order valence-corrected chi connectivity index (χ4v) is 2.71. The van der Waals surface area contributed by atoms with Crippen LogP contribution in [0.3, 0.4) is 0 Å². The number of benzene rings is 1. The van der Waals surface area contributed by atoms with Crippen LogP contribution < -0.4 is 5.32 Å². The van der Waals surface area contributed by atoms with E-state index < -0.39 is 0 Å². The third kappa shape index (κ3) is 3.32. The summed E-state index contributed by atoms with van der Waals surface area (Å²) in [5.41, 5.74) is 1.12. The third-order valence-corrected chi connectivity index (χ3v) is 4.05. The van der Waals surface area contributed by atoms with Gasteiger partial charge in [-0.1, -0.05) is 12.1 Å². The van der Waals surface area contributed by atoms with Crippen molar-refractivity contribution < 1.29 is 9.18 Å². The SMILES string of the molecule is CNC(=O)C1CCN(C(C)c2ccc(F)cc2)CC1. The van der Waals surface area contributed by atoms with Crippen molar-refractivity contribution in [1.82, 2.24) is 10.2 Å². The van der Waals surface area contributed by atoms with E-state index in [4.69, 9.17) is 0 Å². The number of hydrogen-bond donors (Lipinski definition) is 1. The van der Waals surface area contributed by atoms with Gasteiger partial charge in [-0.15, -0.1) is 0 Å². The average molecular weight is 264 g/mol. The van der Waals surface area contributed by atoms with E-state index >= 15 is 0 Å². The molecular formula is C15H21FN2O. The summed E-state index contributed by atoms with van der Waals surface area (Å²) in [5.74, 6) is 0.0880. The predicted octanol–water partition coefficient (Wildman–Crippen LogP) is 2.34. The largest absolute Gasteiger partial charge is 0.359 e. The summed E-state index contributed by atoms with van der Waals surface area (Å²) in [4.78, 5) is 13.9. The van der Waals surface area contributed by atoms with Crippen molar-refractivity contribution in [1.29, 1.82) is 0 Å². The highest BCUT2D eigenvalue weighted by atomic mass is 19.1. The maximum Gasteiger partial charge on any atom is 0.222 e. The molecule has 1 aromatic rings. The Morgan fingerprint density at radius 2 is 1.89 bits per heavy atom. The number of nitrogens with one attached hydrogen (secondary N) is 1. The lowest BCUT2D eigenvalue weighted by Crippen LogP contribution is -2.40. The summed E-state index contributed by atoms with van der Waals surface area (Å²) < 4.78 is 12.9. The van der Waals surface area contributed by atoms with Gasteiger partial charge in [-0.25, -0.2) is 4.39 Å². The van der Waals surface area contributed by atoms with E-state index in [1.807, 2.05) is 12.1 Å². The molecule has 1 unspecified atom stereocenters. The summed E-state index contributed by atoms with van der Waals surface area (Å²) in [6.07, 6.45) is 1.79. The summed E-state index contributed by atoms with van der Waals surface area (Å²) >= 11 is 0. The third-order valence-electron chi connectivity index (χ3n) is 4.05. The summed E-state index contributed by atoms with van der Waals surface area (Å²) in [7, 11) is 1.69. The number of carbonyl (C=O) groups excluding carboxylic acids is 1. The van der Waals surface area contributed by atoms with Crippen molar-refractivity contribution in [2.75, 3.05) is 20.1 Å². The van der Waals surface area contributed by atoms with E-state index in [-0.39, 0.29) is 23.7 Å². The summed E-state index contributed by atoms with van der Waals surface area (Å²) in [6, 6.07) is 6.95. The van der Waals surface area contributed by atoms with E-state index in [0.717, 1.165) is 31.5 Å². The fourth-order valence-electron chi connectivity index (χ4n) is 2.71. The molecule has 1 saturated heterocycles. The van der Waals surface area contributed by atoms with Crippen LogP contribution in [0.25, 0.3) is 0 Å². The predicted molar refractivity (Wildman–Crippen MR) is 73.2 cm³/mol. The average Bonchev–Trinajstić information content (AvgIpc) is 2.46. The molecule has 1 fully saturated rings. The van der Waals surface area contributed by atoms with Gasteiger partial charge in [0.25, 0.3) is 0 Å². The number of amides is 1. The lowest BCUT2D eigenvalue weighted by Gasteiger charge is -2.35. The van der Waals surface area contributed by atoms with Gasteiger partial charge in [0, 0.05) is 19.0 Å². The molecule has 1 atom stereocenters. The van der Waals surface area contributed by atoms with E-state index in [2.05, 4.69) is 17.1 Å². The van der Waals surface area contributed by atoms with Crippen LogP contribution >= 0.6 is 0 Å². The van der Waals surface area contributed by atoms with Gasteiger partial charge in [-0.3, -0.25) is 9.69 Å². The number of likely N-dealkylation sites (tertiary alicyclic amines) is 1. The molecule has 1 aliphatic rings. The molecule has 104 valence electrons. The summed E-state index contributed by atoms with van der Waals surface area (Å²) in [6.45, 7) is 3.96. The highest BCUT2D eigenvalue weighted by Gasteiger charge is 2.26. The zero-order valence-electron chi connectivity index (χ0n) is 11.5. The van der Waals surface area contributed by atoms with Crippen LogP contribution in [0.5, 0.6) is 0 Å². The van der Waals surface area contributed by atoms with Crippen LogP contribution in [0.15, 0.2) is 24.3 Å². The quantitative estimate of drug-likeness (QED) is 0.909. The molecule has 19 heavy (non-hydrogen) atoms. The van der Waals surface area contributed by atoms with Gasteiger partial charge >= 0.3 is 0 Å². The van der Waals surface area contributed by atoms with Crippen LogP contribution in [-0.4, -0.2) is 30.9 Å². The number of hydrogen-bond acceptors (Lipinski definition) is 2. The van der Waals surface area contributed by atoms with Crippen molar-refractivity contribution in [3.05, 3.63) is 35.6 Å². The minimum atomic E-state index is -0.200. The fraction of sp³-hybridized carbons (Fsp3) is 0.533. The molecule has 0 aromatic heterocycles. The maximum atomic E-state index is 12.9. The first-order valence-corrected chi connectivity index (χ1v) is 6.83. The maximum absolute atomic E-state index is 12.9. The molecule has 1 heterocycles. The number of piperidine rings is 1. The highest BCUT2D eigenvalue weighted by Crippen LogP contribution is 2.26. The molecule has 0 spiro atoms. The van der Waals surface area contributed by atoms with Gasteiger partial charge in [-0.2, -0.15) is 0 Å². The molecule has 1 amide bonds. The van der Waals surface area contributed by atoms with Crippen molar-refractivity contribution in [2.24, 2.45) is 5.92 Å². The van der Waals surface area contributed by atoms with Crippen LogP contribution in [0.2, 0.25) is 0 Å². The lowest BCUT2D eigenvalue weighted by atomic mass is 9.94. The summed E-state index contributed by atoms with van der Waals surface area (Å²) in [5, 5.41) is 2.72. The van der Waals surface area contributed by atoms with Crippen molar-refractivity contribution in [3.63, 3.8) is 0 Å². The molecule has 1 N–H and O–H groups in total. The van der Waals surface area contributed by atoms with Gasteiger partial charge in [0.1, 0.15) is 5.82 Å². The van der Waals surface area contributed by atoms with Gasteiger partial charge in [0.2, 0.25) is 5.91 Å². The van der Waals surface area contributed by atoms with Crippen molar-refractivity contribution >= 4 is 5.91 Å². The van der Waals surface area contributed by atoms with E-state index in [1.165, 1.54) is 12.1 Å². The monoisotopic (exact) mass is 264 g/mol. The van der Waals surface area contributed by atoms with Crippen molar-refractivity contribution in [2.45, 2.75) is 25.8 Å². The second kappa shape index (κ2) is 6.15. The zero-order chi connectivity index (χ0) is 13.8. The minimum absolute atomic E-state index is 0.140. The van der Waals surface area contributed by atoms with Crippen LogP contribution in [-0.2, 0) is 4.79 Å². The van der Waals surface area contributed by atoms with Gasteiger partial charge < -0.3 is 5.32 Å². The molecule has 1 aliphatic heterocycles. The Morgan fingerprint density at radius 3 is 2.42 bits per heavy atom. The van der Waals surface area contributed by atoms with Crippen LogP contribution in [0.4, 0.5) is 4.39 Å².